The molecule has 0 bridgehead atoms. The van der Waals surface area contributed by atoms with Crippen molar-refractivity contribution in [2.24, 2.45) is 7.05 Å². The van der Waals surface area contributed by atoms with Gasteiger partial charge in [0.25, 0.3) is 5.89 Å². The van der Waals surface area contributed by atoms with Crippen LogP contribution in [0.4, 0.5) is 4.79 Å². The molecule has 0 spiro atoms. The summed E-state index contributed by atoms with van der Waals surface area (Å²) in [7, 11) is 1.79. The van der Waals surface area contributed by atoms with Crippen LogP contribution in [0.25, 0.3) is 22.6 Å². The molecule has 0 atom stereocenters. The summed E-state index contributed by atoms with van der Waals surface area (Å²) in [6, 6.07) is 1.36. The minimum Gasteiger partial charge on any atom is -0.444 e. The normalized spacial score (nSPS) is 11.7. The Labute approximate surface area is 142 Å². The molecule has 0 aliphatic carbocycles. The van der Waals surface area contributed by atoms with Crippen LogP contribution < -0.4 is 10.9 Å². The molecule has 3 aromatic heterocycles. The topological polar surface area (TPSA) is 128 Å². The van der Waals surface area contributed by atoms with Gasteiger partial charge in [-0.3, -0.25) is 4.79 Å². The first kappa shape index (κ1) is 16.7. The monoisotopic (exact) mass is 346 g/mol. The van der Waals surface area contributed by atoms with Gasteiger partial charge < -0.3 is 24.1 Å². The summed E-state index contributed by atoms with van der Waals surface area (Å²) in [5.74, 6) is 0.428. The van der Waals surface area contributed by atoms with Crippen molar-refractivity contribution in [1.82, 2.24) is 30.0 Å². The summed E-state index contributed by atoms with van der Waals surface area (Å²) in [6.07, 6.45) is 0.995. The van der Waals surface area contributed by atoms with Crippen LogP contribution in [0.15, 0.2) is 21.7 Å². The highest BCUT2D eigenvalue weighted by atomic mass is 16.6. The molecular weight excluding hydrogens is 328 g/mol. The third-order valence-corrected chi connectivity index (χ3v) is 3.20. The highest BCUT2D eigenvalue weighted by Gasteiger charge is 2.18. The molecular formula is C15H18N6O4. The van der Waals surface area contributed by atoms with Crippen molar-refractivity contribution < 1.29 is 14.1 Å². The molecule has 3 heterocycles. The Bertz CT molecular complexity index is 978. The molecule has 0 aliphatic rings. The van der Waals surface area contributed by atoms with E-state index in [2.05, 4.69) is 25.4 Å². The number of nitrogens with one attached hydrogen (secondary N) is 2. The number of amides is 1. The lowest BCUT2D eigenvalue weighted by Gasteiger charge is -2.19. The highest BCUT2D eigenvalue weighted by Crippen LogP contribution is 2.23. The average Bonchev–Trinajstić information content (AvgIpc) is 3.10. The van der Waals surface area contributed by atoms with E-state index in [1.165, 1.54) is 6.07 Å². The van der Waals surface area contributed by atoms with Gasteiger partial charge in [-0.05, 0) is 20.8 Å². The average molecular weight is 346 g/mol. The van der Waals surface area contributed by atoms with Gasteiger partial charge in [0.15, 0.2) is 11.5 Å². The van der Waals surface area contributed by atoms with Crippen LogP contribution in [0.3, 0.4) is 0 Å². The van der Waals surface area contributed by atoms with E-state index < -0.39 is 11.7 Å². The Morgan fingerprint density at radius 3 is 2.92 bits per heavy atom. The summed E-state index contributed by atoms with van der Waals surface area (Å²) in [5.41, 5.74) is 0.636. The van der Waals surface area contributed by atoms with Crippen LogP contribution in [0.2, 0.25) is 0 Å². The number of aromatic nitrogens is 5. The standard InChI is InChI=1S/C15H18N6O4/c1-15(2,3)24-14(23)16-6-9-18-13(25-20-9)8-5-10(22)19-12-11(8)21(4)7-17-12/h5,7H,6H2,1-4H3,(H,16,23)(H,19,22). The molecule has 0 fully saturated rings. The zero-order valence-electron chi connectivity index (χ0n) is 14.3. The molecule has 3 aromatic rings. The maximum atomic E-state index is 11.8. The van der Waals surface area contributed by atoms with E-state index in [9.17, 15) is 9.59 Å². The summed E-state index contributed by atoms with van der Waals surface area (Å²) in [4.78, 5) is 34.4. The Morgan fingerprint density at radius 1 is 1.44 bits per heavy atom. The molecule has 0 aliphatic heterocycles. The molecule has 25 heavy (non-hydrogen) atoms. The fourth-order valence-electron chi connectivity index (χ4n) is 2.26. The van der Waals surface area contributed by atoms with Gasteiger partial charge in [-0.25, -0.2) is 9.78 Å². The Balaban J connectivity index is 1.82. The van der Waals surface area contributed by atoms with Gasteiger partial charge in [0.1, 0.15) is 5.60 Å². The van der Waals surface area contributed by atoms with Crippen LogP contribution in [-0.4, -0.2) is 36.4 Å². The van der Waals surface area contributed by atoms with Crippen molar-refractivity contribution in [3.63, 3.8) is 0 Å². The largest absolute Gasteiger partial charge is 0.444 e. The molecule has 10 nitrogen and oxygen atoms in total. The zero-order valence-corrected chi connectivity index (χ0v) is 14.3. The van der Waals surface area contributed by atoms with Gasteiger partial charge in [0.2, 0.25) is 5.56 Å². The lowest BCUT2D eigenvalue weighted by molar-refractivity contribution is 0.0522. The van der Waals surface area contributed by atoms with E-state index in [1.54, 1.807) is 38.7 Å². The van der Waals surface area contributed by atoms with Crippen LogP contribution in [0.5, 0.6) is 0 Å². The van der Waals surface area contributed by atoms with Crippen molar-refractivity contribution in [1.29, 1.82) is 0 Å². The number of hydrogen-bond donors (Lipinski definition) is 2. The fraction of sp³-hybridized carbons (Fsp3) is 0.400. The van der Waals surface area contributed by atoms with Gasteiger partial charge in [-0.1, -0.05) is 5.16 Å². The number of carbonyl (C=O) groups excluding carboxylic acids is 1. The molecule has 132 valence electrons. The zero-order chi connectivity index (χ0) is 18.2. The Kier molecular flexibility index (Phi) is 4.03. The van der Waals surface area contributed by atoms with E-state index >= 15 is 0 Å². The second-order valence-electron chi connectivity index (χ2n) is 6.47. The predicted octanol–water partition coefficient (Wildman–Crippen LogP) is 1.34. The van der Waals surface area contributed by atoms with Gasteiger partial charge in [-0.2, -0.15) is 4.98 Å². The van der Waals surface area contributed by atoms with Crippen molar-refractivity contribution in [3.8, 4) is 11.5 Å². The number of rotatable bonds is 3. The van der Waals surface area contributed by atoms with Crippen LogP contribution in [0, 0.1) is 0 Å². The second-order valence-corrected chi connectivity index (χ2v) is 6.47. The number of nitrogens with zero attached hydrogens (tertiary/aromatic N) is 4. The first-order valence-electron chi connectivity index (χ1n) is 7.57. The molecule has 10 heteroatoms. The third-order valence-electron chi connectivity index (χ3n) is 3.20. The molecule has 0 saturated heterocycles. The van der Waals surface area contributed by atoms with E-state index in [-0.39, 0.29) is 23.8 Å². The highest BCUT2D eigenvalue weighted by molar-refractivity contribution is 5.86. The first-order chi connectivity index (χ1) is 11.7. The van der Waals surface area contributed by atoms with Gasteiger partial charge in [-0.15, -0.1) is 0 Å². The van der Waals surface area contributed by atoms with E-state index in [0.717, 1.165) is 0 Å². The first-order valence-corrected chi connectivity index (χ1v) is 7.57. The van der Waals surface area contributed by atoms with E-state index in [1.807, 2.05) is 0 Å². The Hall–Kier alpha value is -3.17. The molecule has 0 unspecified atom stereocenters. The molecule has 0 saturated carbocycles. The molecule has 0 aromatic carbocycles. The third kappa shape index (κ3) is 3.67. The second kappa shape index (κ2) is 6.04. The molecule has 2 N–H and O–H groups in total. The summed E-state index contributed by atoms with van der Waals surface area (Å²) in [6.45, 7) is 5.34. The lowest BCUT2D eigenvalue weighted by atomic mass is 10.2. The fourth-order valence-corrected chi connectivity index (χ4v) is 2.26. The maximum absolute atomic E-state index is 11.8. The van der Waals surface area contributed by atoms with E-state index in [0.29, 0.717) is 16.7 Å². The van der Waals surface area contributed by atoms with Crippen molar-refractivity contribution >= 4 is 17.3 Å². The number of pyridine rings is 1. The van der Waals surface area contributed by atoms with Crippen molar-refractivity contribution in [3.05, 3.63) is 28.6 Å². The number of carbonyl (C=O) groups is 1. The SMILES string of the molecule is Cn1cnc2[nH]c(=O)cc(-c3nc(CNC(=O)OC(C)(C)C)no3)c21. The smallest absolute Gasteiger partial charge is 0.408 e. The number of aromatic amines is 1. The van der Waals surface area contributed by atoms with Crippen LogP contribution in [0.1, 0.15) is 26.6 Å². The summed E-state index contributed by atoms with van der Waals surface area (Å²) in [5, 5.41) is 6.36. The van der Waals surface area contributed by atoms with Gasteiger partial charge >= 0.3 is 6.09 Å². The number of hydrogen-bond acceptors (Lipinski definition) is 7. The van der Waals surface area contributed by atoms with Crippen LogP contribution >= 0.6 is 0 Å². The minimum atomic E-state index is -0.595. The number of alkyl carbamates (subject to hydrolysis) is 1. The van der Waals surface area contributed by atoms with E-state index in [4.69, 9.17) is 9.26 Å². The summed E-state index contributed by atoms with van der Waals surface area (Å²) >= 11 is 0. The maximum Gasteiger partial charge on any atom is 0.408 e. The predicted molar refractivity (Wildman–Crippen MR) is 87.7 cm³/mol. The summed E-state index contributed by atoms with van der Waals surface area (Å²) < 4.78 is 12.1. The van der Waals surface area contributed by atoms with Crippen LogP contribution in [-0.2, 0) is 18.3 Å². The number of H-pyrrole nitrogens is 1. The lowest BCUT2D eigenvalue weighted by Crippen LogP contribution is -2.32. The van der Waals surface area contributed by atoms with Crippen molar-refractivity contribution in [2.75, 3.05) is 0 Å². The van der Waals surface area contributed by atoms with Crippen molar-refractivity contribution in [2.45, 2.75) is 32.9 Å². The molecule has 1 amide bonds. The Morgan fingerprint density at radius 2 is 2.20 bits per heavy atom. The number of aryl methyl sites for hydroxylation is 1. The number of fused-ring (bicyclic) bond motifs is 1. The molecule has 3 rings (SSSR count). The number of imidazole rings is 1. The van der Waals surface area contributed by atoms with Gasteiger partial charge in [0, 0.05) is 13.1 Å². The van der Waals surface area contributed by atoms with Gasteiger partial charge in [0.05, 0.1) is 24.0 Å². The number of ether oxygens (including phenoxy) is 1. The minimum absolute atomic E-state index is 0.0378. The quantitative estimate of drug-likeness (QED) is 0.732. The molecule has 0 radical (unpaired) electrons.